The second kappa shape index (κ2) is 7.82. The third-order valence-electron chi connectivity index (χ3n) is 5.33. The van der Waals surface area contributed by atoms with Crippen LogP contribution in [0, 0.1) is 12.8 Å². The van der Waals surface area contributed by atoms with Gasteiger partial charge in [-0.1, -0.05) is 29.8 Å². The average Bonchev–Trinajstić information content (AvgIpc) is 3.11. The summed E-state index contributed by atoms with van der Waals surface area (Å²) < 4.78 is 7.87. The molecule has 3 aromatic rings. The summed E-state index contributed by atoms with van der Waals surface area (Å²) in [5.74, 6) is 1.39. The van der Waals surface area contributed by atoms with Crippen LogP contribution in [0.3, 0.4) is 0 Å². The molecular weight excluding hydrogens is 338 g/mol. The zero-order chi connectivity index (χ0) is 18.6. The van der Waals surface area contributed by atoms with Crippen LogP contribution in [0.4, 0.5) is 0 Å². The summed E-state index contributed by atoms with van der Waals surface area (Å²) in [4.78, 5) is 18.8. The summed E-state index contributed by atoms with van der Waals surface area (Å²) in [5.41, 5.74) is 3.40. The Hall–Kier alpha value is -2.82. The maximum atomic E-state index is 12.4. The van der Waals surface area contributed by atoms with Crippen molar-refractivity contribution in [3.05, 3.63) is 60.4 Å². The number of rotatable bonds is 5. The van der Waals surface area contributed by atoms with E-state index in [2.05, 4.69) is 21.7 Å². The second-order valence-corrected chi connectivity index (χ2v) is 7.31. The van der Waals surface area contributed by atoms with Crippen molar-refractivity contribution in [1.82, 2.24) is 14.5 Å². The number of carbonyl (C=O) groups is 1. The fourth-order valence-electron chi connectivity index (χ4n) is 3.67. The van der Waals surface area contributed by atoms with Gasteiger partial charge < -0.3 is 14.2 Å². The molecule has 0 saturated carbocycles. The van der Waals surface area contributed by atoms with Crippen LogP contribution in [0.15, 0.2) is 54.9 Å². The van der Waals surface area contributed by atoms with E-state index in [4.69, 9.17) is 4.74 Å². The number of fused-ring (bicyclic) bond motifs is 1. The molecule has 1 saturated heterocycles. The van der Waals surface area contributed by atoms with Crippen molar-refractivity contribution < 1.29 is 9.53 Å². The number of imidazole rings is 1. The number of ether oxygens (including phenoxy) is 1. The average molecular weight is 363 g/mol. The Balaban J connectivity index is 1.27. The van der Waals surface area contributed by atoms with E-state index in [-0.39, 0.29) is 12.5 Å². The van der Waals surface area contributed by atoms with Crippen molar-refractivity contribution in [3.63, 3.8) is 0 Å². The third kappa shape index (κ3) is 4.13. The maximum absolute atomic E-state index is 12.4. The van der Waals surface area contributed by atoms with E-state index in [1.807, 2.05) is 54.5 Å². The number of likely N-dealkylation sites (tertiary alicyclic amines) is 1. The van der Waals surface area contributed by atoms with Crippen molar-refractivity contribution in [2.75, 3.05) is 19.7 Å². The Labute approximate surface area is 159 Å². The summed E-state index contributed by atoms with van der Waals surface area (Å²) in [5, 5.41) is 0. The summed E-state index contributed by atoms with van der Waals surface area (Å²) in [6.07, 6.45) is 3.96. The summed E-state index contributed by atoms with van der Waals surface area (Å²) in [6, 6.07) is 16.0. The molecule has 0 radical (unpaired) electrons. The number of benzene rings is 2. The number of aryl methyl sites for hydroxylation is 1. The number of nitrogens with zero attached hydrogens (tertiary/aromatic N) is 3. The Bertz CT molecular complexity index is 909. The molecule has 2 heterocycles. The van der Waals surface area contributed by atoms with Gasteiger partial charge in [-0.15, -0.1) is 0 Å². The molecule has 5 nitrogen and oxygen atoms in total. The van der Waals surface area contributed by atoms with Gasteiger partial charge in [0.05, 0.1) is 17.4 Å². The van der Waals surface area contributed by atoms with Crippen LogP contribution < -0.4 is 4.74 Å². The molecule has 0 spiro atoms. The third-order valence-corrected chi connectivity index (χ3v) is 5.33. The Morgan fingerprint density at radius 1 is 1.11 bits per heavy atom. The number of carbonyl (C=O) groups excluding carboxylic acids is 1. The van der Waals surface area contributed by atoms with Gasteiger partial charge in [-0.2, -0.15) is 0 Å². The van der Waals surface area contributed by atoms with E-state index in [9.17, 15) is 4.79 Å². The molecule has 2 aromatic carbocycles. The summed E-state index contributed by atoms with van der Waals surface area (Å²) in [6.45, 7) is 4.70. The number of hydrogen-bond acceptors (Lipinski definition) is 3. The Morgan fingerprint density at radius 3 is 2.63 bits per heavy atom. The van der Waals surface area contributed by atoms with E-state index in [0.29, 0.717) is 5.92 Å². The van der Waals surface area contributed by atoms with E-state index in [1.54, 1.807) is 0 Å². The lowest BCUT2D eigenvalue weighted by molar-refractivity contribution is -0.134. The highest BCUT2D eigenvalue weighted by Crippen LogP contribution is 2.22. The van der Waals surface area contributed by atoms with Crippen molar-refractivity contribution in [2.24, 2.45) is 5.92 Å². The number of amides is 1. The first-order valence-corrected chi connectivity index (χ1v) is 9.56. The normalized spacial score (nSPS) is 15.2. The first-order valence-electron chi connectivity index (χ1n) is 9.56. The molecule has 0 aliphatic carbocycles. The van der Waals surface area contributed by atoms with Crippen LogP contribution >= 0.6 is 0 Å². The van der Waals surface area contributed by atoms with Gasteiger partial charge in [0.1, 0.15) is 5.75 Å². The van der Waals surface area contributed by atoms with Gasteiger partial charge in [-0.25, -0.2) is 4.98 Å². The fraction of sp³-hybridized carbons (Fsp3) is 0.364. The number of para-hydroxylation sites is 2. The molecule has 0 N–H and O–H groups in total. The van der Waals surface area contributed by atoms with Gasteiger partial charge in [0.15, 0.2) is 6.61 Å². The molecule has 0 unspecified atom stereocenters. The van der Waals surface area contributed by atoms with Crippen molar-refractivity contribution in [1.29, 1.82) is 0 Å². The Kier molecular flexibility index (Phi) is 5.10. The molecule has 140 valence electrons. The van der Waals surface area contributed by atoms with E-state index >= 15 is 0 Å². The SMILES string of the molecule is Cc1ccc(OCC(=O)N2CCC(Cn3cnc4ccccc43)CC2)cc1. The van der Waals surface area contributed by atoms with Crippen LogP contribution in [0.5, 0.6) is 5.75 Å². The molecule has 0 atom stereocenters. The van der Waals surface area contributed by atoms with Crippen LogP contribution in [0.1, 0.15) is 18.4 Å². The molecule has 5 heteroatoms. The molecule has 4 rings (SSSR count). The highest BCUT2D eigenvalue weighted by atomic mass is 16.5. The van der Waals surface area contributed by atoms with Crippen LogP contribution in [-0.4, -0.2) is 40.1 Å². The van der Waals surface area contributed by atoms with Gasteiger partial charge in [0.2, 0.25) is 0 Å². The molecule has 1 aromatic heterocycles. The van der Waals surface area contributed by atoms with E-state index < -0.39 is 0 Å². The largest absolute Gasteiger partial charge is 0.484 e. The molecule has 0 bridgehead atoms. The van der Waals surface area contributed by atoms with Crippen LogP contribution in [0.2, 0.25) is 0 Å². The highest BCUT2D eigenvalue weighted by molar-refractivity contribution is 5.78. The molecular formula is C22H25N3O2. The minimum Gasteiger partial charge on any atom is -0.484 e. The molecule has 27 heavy (non-hydrogen) atoms. The lowest BCUT2D eigenvalue weighted by Crippen LogP contribution is -2.41. The lowest BCUT2D eigenvalue weighted by Gasteiger charge is -2.32. The zero-order valence-corrected chi connectivity index (χ0v) is 15.7. The zero-order valence-electron chi connectivity index (χ0n) is 15.7. The Morgan fingerprint density at radius 2 is 1.85 bits per heavy atom. The van der Waals surface area contributed by atoms with E-state index in [0.717, 1.165) is 43.7 Å². The summed E-state index contributed by atoms with van der Waals surface area (Å²) in [7, 11) is 0. The van der Waals surface area contributed by atoms with Crippen LogP contribution in [-0.2, 0) is 11.3 Å². The van der Waals surface area contributed by atoms with Gasteiger partial charge in [0.25, 0.3) is 5.91 Å². The monoisotopic (exact) mass is 363 g/mol. The van der Waals surface area contributed by atoms with Gasteiger partial charge in [-0.3, -0.25) is 4.79 Å². The molecule has 1 amide bonds. The summed E-state index contributed by atoms with van der Waals surface area (Å²) >= 11 is 0. The quantitative estimate of drug-likeness (QED) is 0.695. The van der Waals surface area contributed by atoms with Gasteiger partial charge in [-0.05, 0) is 49.9 Å². The number of aromatic nitrogens is 2. The smallest absolute Gasteiger partial charge is 0.260 e. The number of hydrogen-bond donors (Lipinski definition) is 0. The highest BCUT2D eigenvalue weighted by Gasteiger charge is 2.23. The fourth-order valence-corrected chi connectivity index (χ4v) is 3.67. The predicted molar refractivity (Wildman–Crippen MR) is 106 cm³/mol. The first kappa shape index (κ1) is 17.6. The van der Waals surface area contributed by atoms with Crippen molar-refractivity contribution >= 4 is 16.9 Å². The number of piperidine rings is 1. The maximum Gasteiger partial charge on any atom is 0.260 e. The molecule has 1 aliphatic rings. The van der Waals surface area contributed by atoms with Crippen molar-refractivity contribution in [2.45, 2.75) is 26.3 Å². The van der Waals surface area contributed by atoms with Crippen molar-refractivity contribution in [3.8, 4) is 5.75 Å². The molecule has 1 aliphatic heterocycles. The van der Waals surface area contributed by atoms with Crippen LogP contribution in [0.25, 0.3) is 11.0 Å². The minimum atomic E-state index is 0.0714. The standard InChI is InChI=1S/C22H25N3O2/c1-17-6-8-19(9-7-17)27-15-22(26)24-12-10-18(11-13-24)14-25-16-23-20-4-2-3-5-21(20)25/h2-9,16,18H,10-15H2,1H3. The minimum absolute atomic E-state index is 0.0714. The predicted octanol–water partition coefficient (Wildman–Crippen LogP) is 3.66. The topological polar surface area (TPSA) is 47.4 Å². The lowest BCUT2D eigenvalue weighted by atomic mass is 9.96. The van der Waals surface area contributed by atoms with Gasteiger partial charge >= 0.3 is 0 Å². The molecule has 1 fully saturated rings. The first-order chi connectivity index (χ1) is 13.2. The van der Waals surface area contributed by atoms with Gasteiger partial charge in [0, 0.05) is 19.6 Å². The second-order valence-electron chi connectivity index (χ2n) is 7.31. The van der Waals surface area contributed by atoms with E-state index in [1.165, 1.54) is 11.1 Å².